The Balaban J connectivity index is 1.94. The van der Waals surface area contributed by atoms with Crippen molar-refractivity contribution < 1.29 is 4.74 Å². The highest BCUT2D eigenvalue weighted by Crippen LogP contribution is 2.28. The highest BCUT2D eigenvalue weighted by molar-refractivity contribution is 4.95. The summed E-state index contributed by atoms with van der Waals surface area (Å²) in [5.41, 5.74) is 0.325. The second-order valence-corrected chi connectivity index (χ2v) is 4.52. The molecule has 3 heteroatoms. The maximum Gasteiger partial charge on any atom is 0.0648 e. The Morgan fingerprint density at radius 2 is 2.38 bits per heavy atom. The number of nitrogens with one attached hydrogen (secondary N) is 1. The van der Waals surface area contributed by atoms with Gasteiger partial charge in [-0.2, -0.15) is 0 Å². The first-order valence-electron chi connectivity index (χ1n) is 5.25. The average Bonchev–Trinajstić information content (AvgIpc) is 2.72. The van der Waals surface area contributed by atoms with Crippen molar-refractivity contribution in [3.63, 3.8) is 0 Å². The molecule has 2 rings (SSSR count). The van der Waals surface area contributed by atoms with Crippen LogP contribution in [0.3, 0.4) is 0 Å². The fourth-order valence-corrected chi connectivity index (χ4v) is 2.39. The van der Waals surface area contributed by atoms with Gasteiger partial charge in [-0.15, -0.1) is 0 Å². The molecule has 3 nitrogen and oxygen atoms in total. The summed E-state index contributed by atoms with van der Waals surface area (Å²) in [5.74, 6) is 0. The molecule has 2 heterocycles. The largest absolute Gasteiger partial charge is 0.379 e. The van der Waals surface area contributed by atoms with Gasteiger partial charge in [-0.3, -0.25) is 4.90 Å². The average molecular weight is 184 g/mol. The fourth-order valence-electron chi connectivity index (χ4n) is 2.39. The first kappa shape index (κ1) is 9.44. The molecule has 0 saturated carbocycles. The van der Waals surface area contributed by atoms with Gasteiger partial charge in [0.2, 0.25) is 0 Å². The van der Waals surface area contributed by atoms with Crippen LogP contribution >= 0.6 is 0 Å². The highest BCUT2D eigenvalue weighted by atomic mass is 16.5. The number of likely N-dealkylation sites (tertiary alicyclic amines) is 1. The fraction of sp³-hybridized carbons (Fsp3) is 1.00. The summed E-state index contributed by atoms with van der Waals surface area (Å²) < 4.78 is 5.48. The highest BCUT2D eigenvalue weighted by Gasteiger charge is 2.39. The zero-order valence-electron chi connectivity index (χ0n) is 8.68. The number of hydrogen-bond donors (Lipinski definition) is 1. The molecule has 13 heavy (non-hydrogen) atoms. The molecule has 2 fully saturated rings. The summed E-state index contributed by atoms with van der Waals surface area (Å²) in [5, 5.41) is 3.35. The Hall–Kier alpha value is -0.120. The van der Waals surface area contributed by atoms with Gasteiger partial charge in [0.15, 0.2) is 0 Å². The van der Waals surface area contributed by atoms with E-state index in [1.165, 1.54) is 25.9 Å². The van der Waals surface area contributed by atoms with Gasteiger partial charge >= 0.3 is 0 Å². The molecule has 0 spiro atoms. The molecule has 0 aromatic rings. The SMILES string of the molecule is CNC1CCN(C2(C)CCOC2)C1. The zero-order chi connectivity index (χ0) is 9.31. The molecule has 2 unspecified atom stereocenters. The molecule has 0 aromatic carbocycles. The topological polar surface area (TPSA) is 24.5 Å². The predicted octanol–water partition coefficient (Wildman–Crippen LogP) is 0.459. The predicted molar refractivity (Wildman–Crippen MR) is 52.9 cm³/mol. The molecule has 0 aliphatic carbocycles. The minimum Gasteiger partial charge on any atom is -0.379 e. The normalized spacial score (nSPS) is 41.5. The lowest BCUT2D eigenvalue weighted by Gasteiger charge is -2.33. The summed E-state index contributed by atoms with van der Waals surface area (Å²) in [6.07, 6.45) is 2.48. The van der Waals surface area contributed by atoms with Gasteiger partial charge in [0.25, 0.3) is 0 Å². The molecule has 2 saturated heterocycles. The van der Waals surface area contributed by atoms with E-state index < -0.39 is 0 Å². The number of nitrogens with zero attached hydrogens (tertiary/aromatic N) is 1. The Labute approximate surface area is 80.4 Å². The molecule has 1 N–H and O–H groups in total. The summed E-state index contributed by atoms with van der Waals surface area (Å²) in [4.78, 5) is 2.58. The van der Waals surface area contributed by atoms with Crippen LogP contribution in [-0.2, 0) is 4.74 Å². The summed E-state index contributed by atoms with van der Waals surface area (Å²) in [6.45, 7) is 6.61. The van der Waals surface area contributed by atoms with Crippen LogP contribution in [0.5, 0.6) is 0 Å². The van der Waals surface area contributed by atoms with Crippen LogP contribution in [-0.4, -0.2) is 49.8 Å². The number of rotatable bonds is 2. The first-order chi connectivity index (χ1) is 6.24. The van der Waals surface area contributed by atoms with Gasteiger partial charge in [-0.05, 0) is 26.8 Å². The van der Waals surface area contributed by atoms with Crippen LogP contribution in [0.2, 0.25) is 0 Å². The standard InChI is InChI=1S/C10H20N2O/c1-10(4-6-13-8-10)12-5-3-9(7-12)11-2/h9,11H,3-8H2,1-2H3. The Bertz CT molecular complexity index is 178. The second kappa shape index (κ2) is 3.56. The van der Waals surface area contributed by atoms with Gasteiger partial charge in [-0.25, -0.2) is 0 Å². The van der Waals surface area contributed by atoms with Gasteiger partial charge in [0.1, 0.15) is 0 Å². The van der Waals surface area contributed by atoms with Crippen molar-refractivity contribution in [2.24, 2.45) is 0 Å². The number of hydrogen-bond acceptors (Lipinski definition) is 3. The maximum absolute atomic E-state index is 5.48. The second-order valence-electron chi connectivity index (χ2n) is 4.52. The Morgan fingerprint density at radius 1 is 1.54 bits per heavy atom. The molecule has 2 atom stereocenters. The van der Waals surface area contributed by atoms with Crippen molar-refractivity contribution in [2.75, 3.05) is 33.4 Å². The third kappa shape index (κ3) is 1.73. The molecule has 76 valence electrons. The lowest BCUT2D eigenvalue weighted by atomic mass is 10.00. The van der Waals surface area contributed by atoms with Crippen LogP contribution in [0.1, 0.15) is 19.8 Å². The summed E-state index contributed by atoms with van der Waals surface area (Å²) in [7, 11) is 2.06. The Morgan fingerprint density at radius 3 is 2.92 bits per heavy atom. The third-order valence-electron chi connectivity index (χ3n) is 3.56. The molecule has 0 aromatic heterocycles. The van der Waals surface area contributed by atoms with Gasteiger partial charge in [-0.1, -0.05) is 0 Å². The van der Waals surface area contributed by atoms with E-state index in [1.54, 1.807) is 0 Å². The van der Waals surface area contributed by atoms with Crippen molar-refractivity contribution in [1.82, 2.24) is 10.2 Å². The van der Waals surface area contributed by atoms with E-state index in [9.17, 15) is 0 Å². The molecule has 2 aliphatic heterocycles. The summed E-state index contributed by atoms with van der Waals surface area (Å²) in [6, 6.07) is 0.692. The van der Waals surface area contributed by atoms with Crippen LogP contribution in [0.15, 0.2) is 0 Å². The van der Waals surface area contributed by atoms with Crippen molar-refractivity contribution in [3.05, 3.63) is 0 Å². The minimum atomic E-state index is 0.325. The van der Waals surface area contributed by atoms with E-state index in [2.05, 4.69) is 24.2 Å². The Kier molecular flexibility index (Phi) is 2.58. The van der Waals surface area contributed by atoms with Crippen LogP contribution in [0.4, 0.5) is 0 Å². The molecule has 0 amide bonds. The van der Waals surface area contributed by atoms with E-state index >= 15 is 0 Å². The maximum atomic E-state index is 5.48. The van der Waals surface area contributed by atoms with Crippen molar-refractivity contribution in [1.29, 1.82) is 0 Å². The lowest BCUT2D eigenvalue weighted by molar-refractivity contribution is 0.0984. The first-order valence-corrected chi connectivity index (χ1v) is 5.25. The minimum absolute atomic E-state index is 0.325. The third-order valence-corrected chi connectivity index (χ3v) is 3.56. The molecule has 0 radical (unpaired) electrons. The smallest absolute Gasteiger partial charge is 0.0648 e. The van der Waals surface area contributed by atoms with Crippen molar-refractivity contribution in [2.45, 2.75) is 31.3 Å². The lowest BCUT2D eigenvalue weighted by Crippen LogP contribution is -2.46. The van der Waals surface area contributed by atoms with E-state index in [1.807, 2.05) is 0 Å². The van der Waals surface area contributed by atoms with E-state index in [0.29, 0.717) is 11.6 Å². The summed E-state index contributed by atoms with van der Waals surface area (Å²) >= 11 is 0. The number of likely N-dealkylation sites (N-methyl/N-ethyl adjacent to an activating group) is 1. The van der Waals surface area contributed by atoms with Gasteiger partial charge in [0.05, 0.1) is 6.61 Å². The zero-order valence-corrected chi connectivity index (χ0v) is 8.68. The van der Waals surface area contributed by atoms with Crippen molar-refractivity contribution in [3.8, 4) is 0 Å². The quantitative estimate of drug-likeness (QED) is 0.675. The molecule has 2 aliphatic rings. The molecular weight excluding hydrogens is 164 g/mol. The van der Waals surface area contributed by atoms with E-state index in [-0.39, 0.29) is 0 Å². The van der Waals surface area contributed by atoms with Gasteiger partial charge < -0.3 is 10.1 Å². The number of ether oxygens (including phenoxy) is 1. The van der Waals surface area contributed by atoms with Crippen LogP contribution in [0, 0.1) is 0 Å². The van der Waals surface area contributed by atoms with Crippen molar-refractivity contribution >= 4 is 0 Å². The van der Waals surface area contributed by atoms with Gasteiger partial charge in [0, 0.05) is 31.3 Å². The van der Waals surface area contributed by atoms with E-state index in [4.69, 9.17) is 4.74 Å². The molecular formula is C10H20N2O. The van der Waals surface area contributed by atoms with Crippen LogP contribution < -0.4 is 5.32 Å². The van der Waals surface area contributed by atoms with Crippen LogP contribution in [0.25, 0.3) is 0 Å². The van der Waals surface area contributed by atoms with E-state index in [0.717, 1.165) is 13.2 Å². The molecule has 0 bridgehead atoms. The monoisotopic (exact) mass is 184 g/mol.